The standard InChI is InChI=1S/C11H19Cl3O3/c1-3-5-10(4-2,7-9(16)17)8(15)6-11(12,13)14/h8,15H,3-7H2,1-2H3,(H,16,17). The zero-order valence-electron chi connectivity index (χ0n) is 10.0. The fourth-order valence-corrected chi connectivity index (χ4v) is 2.58. The van der Waals surface area contributed by atoms with Crippen molar-refractivity contribution in [3.05, 3.63) is 0 Å². The second-order valence-electron chi connectivity index (χ2n) is 4.37. The second kappa shape index (κ2) is 7.03. The van der Waals surface area contributed by atoms with E-state index in [9.17, 15) is 9.90 Å². The van der Waals surface area contributed by atoms with Crippen molar-refractivity contribution in [3.8, 4) is 0 Å². The Morgan fingerprint density at radius 3 is 2.12 bits per heavy atom. The van der Waals surface area contributed by atoms with Crippen LogP contribution in [0.25, 0.3) is 0 Å². The molecule has 2 atom stereocenters. The number of aliphatic hydroxyl groups excluding tert-OH is 1. The van der Waals surface area contributed by atoms with Gasteiger partial charge in [-0.1, -0.05) is 55.1 Å². The molecule has 0 aliphatic carbocycles. The van der Waals surface area contributed by atoms with Gasteiger partial charge in [-0.25, -0.2) is 0 Å². The predicted molar refractivity (Wildman–Crippen MR) is 70.8 cm³/mol. The highest BCUT2D eigenvalue weighted by molar-refractivity contribution is 6.67. The van der Waals surface area contributed by atoms with Crippen molar-refractivity contribution in [1.29, 1.82) is 0 Å². The van der Waals surface area contributed by atoms with Crippen LogP contribution in [0.3, 0.4) is 0 Å². The van der Waals surface area contributed by atoms with E-state index >= 15 is 0 Å². The topological polar surface area (TPSA) is 57.5 Å². The Morgan fingerprint density at radius 2 is 1.82 bits per heavy atom. The van der Waals surface area contributed by atoms with Crippen molar-refractivity contribution in [2.75, 3.05) is 0 Å². The number of carboxylic acids is 1. The van der Waals surface area contributed by atoms with Crippen LogP contribution >= 0.6 is 34.8 Å². The van der Waals surface area contributed by atoms with Crippen LogP contribution in [0.1, 0.15) is 46.0 Å². The molecule has 0 radical (unpaired) electrons. The van der Waals surface area contributed by atoms with Crippen molar-refractivity contribution in [3.63, 3.8) is 0 Å². The summed E-state index contributed by atoms with van der Waals surface area (Å²) < 4.78 is -1.56. The van der Waals surface area contributed by atoms with Crippen molar-refractivity contribution in [2.24, 2.45) is 5.41 Å². The van der Waals surface area contributed by atoms with E-state index in [1.807, 2.05) is 13.8 Å². The Balaban J connectivity index is 4.93. The summed E-state index contributed by atoms with van der Waals surface area (Å²) in [6, 6.07) is 0. The maximum atomic E-state index is 10.9. The third-order valence-corrected chi connectivity index (χ3v) is 3.55. The summed E-state index contributed by atoms with van der Waals surface area (Å²) in [5, 5.41) is 19.1. The van der Waals surface area contributed by atoms with Crippen LogP contribution in [0, 0.1) is 5.41 Å². The van der Waals surface area contributed by atoms with E-state index < -0.39 is 21.3 Å². The molecule has 17 heavy (non-hydrogen) atoms. The van der Waals surface area contributed by atoms with Gasteiger partial charge in [-0.15, -0.1) is 0 Å². The summed E-state index contributed by atoms with van der Waals surface area (Å²) in [6.45, 7) is 3.79. The van der Waals surface area contributed by atoms with E-state index in [-0.39, 0.29) is 12.8 Å². The largest absolute Gasteiger partial charge is 0.481 e. The minimum absolute atomic E-state index is 0.0568. The number of alkyl halides is 3. The van der Waals surface area contributed by atoms with Gasteiger partial charge in [0, 0.05) is 11.8 Å². The van der Waals surface area contributed by atoms with Gasteiger partial charge in [0.15, 0.2) is 3.79 Å². The number of halogens is 3. The third kappa shape index (κ3) is 6.14. The fourth-order valence-electron chi connectivity index (χ4n) is 2.15. The number of rotatable bonds is 7. The normalized spacial score (nSPS) is 17.5. The molecule has 102 valence electrons. The average molecular weight is 306 g/mol. The summed E-state index contributed by atoms with van der Waals surface area (Å²) in [4.78, 5) is 10.9. The first-order valence-corrected chi connectivity index (χ1v) is 6.77. The summed E-state index contributed by atoms with van der Waals surface area (Å²) in [6.07, 6.45) is 0.805. The Kier molecular flexibility index (Phi) is 7.15. The highest BCUT2D eigenvalue weighted by Crippen LogP contribution is 2.42. The lowest BCUT2D eigenvalue weighted by atomic mass is 9.72. The number of carboxylic acid groups (broad SMARTS) is 1. The van der Waals surface area contributed by atoms with Gasteiger partial charge in [0.2, 0.25) is 0 Å². The molecule has 2 unspecified atom stereocenters. The smallest absolute Gasteiger partial charge is 0.304 e. The van der Waals surface area contributed by atoms with Crippen molar-refractivity contribution >= 4 is 40.8 Å². The molecule has 0 fully saturated rings. The zero-order valence-corrected chi connectivity index (χ0v) is 12.3. The Bertz CT molecular complexity index is 253. The van der Waals surface area contributed by atoms with Crippen LogP contribution in [0.2, 0.25) is 0 Å². The highest BCUT2D eigenvalue weighted by atomic mass is 35.6. The number of hydrogen-bond donors (Lipinski definition) is 2. The first kappa shape index (κ1) is 17.3. The molecule has 0 aromatic heterocycles. The number of carbonyl (C=O) groups is 1. The highest BCUT2D eigenvalue weighted by Gasteiger charge is 2.41. The monoisotopic (exact) mass is 304 g/mol. The molecule has 0 heterocycles. The number of hydrogen-bond acceptors (Lipinski definition) is 2. The summed E-state index contributed by atoms with van der Waals surface area (Å²) in [5.74, 6) is -0.941. The SMILES string of the molecule is CCCC(CC)(CC(=O)O)C(O)CC(Cl)(Cl)Cl. The molecule has 0 rings (SSSR count). The van der Waals surface area contributed by atoms with E-state index in [2.05, 4.69) is 0 Å². The molecule has 0 aromatic rings. The Labute approximate surface area is 117 Å². The molecule has 0 amide bonds. The molecule has 0 aliphatic rings. The van der Waals surface area contributed by atoms with Crippen LogP contribution in [-0.4, -0.2) is 26.1 Å². The van der Waals surface area contributed by atoms with E-state index in [0.717, 1.165) is 6.42 Å². The minimum atomic E-state index is -1.56. The molecule has 6 heteroatoms. The molecule has 3 nitrogen and oxygen atoms in total. The van der Waals surface area contributed by atoms with Crippen molar-refractivity contribution in [1.82, 2.24) is 0 Å². The Hall–Kier alpha value is 0.300. The molecule has 0 spiro atoms. The van der Waals surface area contributed by atoms with Gasteiger partial charge >= 0.3 is 5.97 Å². The third-order valence-electron chi connectivity index (χ3n) is 3.09. The van der Waals surface area contributed by atoms with Crippen LogP contribution in [0.5, 0.6) is 0 Å². The quantitative estimate of drug-likeness (QED) is 0.704. The van der Waals surface area contributed by atoms with E-state index in [4.69, 9.17) is 39.9 Å². The molecular weight excluding hydrogens is 286 g/mol. The van der Waals surface area contributed by atoms with E-state index in [1.165, 1.54) is 0 Å². The van der Waals surface area contributed by atoms with Gasteiger partial charge in [-0.2, -0.15) is 0 Å². The zero-order chi connectivity index (χ0) is 13.7. The average Bonchev–Trinajstić information content (AvgIpc) is 2.13. The molecule has 0 aliphatic heterocycles. The van der Waals surface area contributed by atoms with Gasteiger partial charge < -0.3 is 10.2 Å². The fraction of sp³-hybridized carbons (Fsp3) is 0.909. The van der Waals surface area contributed by atoms with Crippen LogP contribution in [0.15, 0.2) is 0 Å². The maximum absolute atomic E-state index is 10.9. The molecule has 0 saturated carbocycles. The van der Waals surface area contributed by atoms with Gasteiger partial charge in [-0.3, -0.25) is 4.79 Å². The number of aliphatic hydroxyl groups is 1. The first-order valence-electron chi connectivity index (χ1n) is 5.63. The summed E-state index contributed by atoms with van der Waals surface area (Å²) in [7, 11) is 0. The summed E-state index contributed by atoms with van der Waals surface area (Å²) in [5.41, 5.74) is -0.718. The molecule has 0 aromatic carbocycles. The molecular formula is C11H19Cl3O3. The lowest BCUT2D eigenvalue weighted by Crippen LogP contribution is -2.39. The second-order valence-corrected chi connectivity index (χ2v) is 6.89. The lowest BCUT2D eigenvalue weighted by molar-refractivity contribution is -0.143. The first-order chi connectivity index (χ1) is 7.67. The van der Waals surface area contributed by atoms with Crippen molar-refractivity contribution < 1.29 is 15.0 Å². The summed E-state index contributed by atoms with van der Waals surface area (Å²) >= 11 is 17.0. The van der Waals surface area contributed by atoms with Crippen LogP contribution in [-0.2, 0) is 4.79 Å². The van der Waals surface area contributed by atoms with Gasteiger partial charge in [0.05, 0.1) is 12.5 Å². The Morgan fingerprint density at radius 1 is 1.29 bits per heavy atom. The van der Waals surface area contributed by atoms with Crippen LogP contribution in [0.4, 0.5) is 0 Å². The molecule has 2 N–H and O–H groups in total. The molecule has 0 saturated heterocycles. The lowest BCUT2D eigenvalue weighted by Gasteiger charge is -2.37. The van der Waals surface area contributed by atoms with Gasteiger partial charge in [-0.05, 0) is 12.8 Å². The van der Waals surface area contributed by atoms with Crippen LogP contribution < -0.4 is 0 Å². The van der Waals surface area contributed by atoms with Crippen molar-refractivity contribution in [2.45, 2.75) is 55.8 Å². The van der Waals surface area contributed by atoms with E-state index in [0.29, 0.717) is 12.8 Å². The maximum Gasteiger partial charge on any atom is 0.304 e. The number of aliphatic carboxylic acids is 1. The van der Waals surface area contributed by atoms with Gasteiger partial charge in [0.1, 0.15) is 0 Å². The molecule has 0 bridgehead atoms. The minimum Gasteiger partial charge on any atom is -0.481 e. The van der Waals surface area contributed by atoms with E-state index in [1.54, 1.807) is 0 Å². The van der Waals surface area contributed by atoms with Gasteiger partial charge in [0.25, 0.3) is 0 Å². The predicted octanol–water partition coefficient (Wildman–Crippen LogP) is 3.78.